The summed E-state index contributed by atoms with van der Waals surface area (Å²) in [6.45, 7) is 0. The lowest BCUT2D eigenvalue weighted by molar-refractivity contribution is 0.594. The van der Waals surface area contributed by atoms with Crippen molar-refractivity contribution in [3.8, 4) is 0 Å². The lowest BCUT2D eigenvalue weighted by atomic mass is 10.2. The molecule has 0 saturated carbocycles. The minimum absolute atomic E-state index is 0.369. The van der Waals surface area contributed by atoms with Gasteiger partial charge in [0.15, 0.2) is 9.84 Å². The zero-order valence-electron chi connectivity index (χ0n) is 9.98. The number of rotatable bonds is 4. The second kappa shape index (κ2) is 5.59. The summed E-state index contributed by atoms with van der Waals surface area (Å²) in [6.07, 6.45) is 1.82. The van der Waals surface area contributed by atoms with Crippen molar-refractivity contribution in [2.75, 3.05) is 6.26 Å². The fourth-order valence-corrected chi connectivity index (χ4v) is 4.86. The third-order valence-corrected chi connectivity index (χ3v) is 6.44. The summed E-state index contributed by atoms with van der Waals surface area (Å²) in [5, 5.41) is 0. The molecule has 2 aromatic rings. The van der Waals surface area contributed by atoms with Crippen LogP contribution >= 0.6 is 11.8 Å². The van der Waals surface area contributed by atoms with E-state index >= 15 is 0 Å². The molecule has 0 aliphatic heterocycles. The first kappa shape index (κ1) is 13.2. The lowest BCUT2D eigenvalue weighted by Gasteiger charge is -2.15. The maximum atomic E-state index is 12.5. The second-order valence-corrected chi connectivity index (χ2v) is 7.11. The Labute approximate surface area is 112 Å². The number of benzene rings is 2. The van der Waals surface area contributed by atoms with Gasteiger partial charge in [-0.15, -0.1) is 11.8 Å². The highest BCUT2D eigenvalue weighted by Gasteiger charge is 2.27. The molecule has 1 atom stereocenters. The van der Waals surface area contributed by atoms with Crippen molar-refractivity contribution in [2.24, 2.45) is 0 Å². The number of thioether (sulfide) groups is 1. The molecule has 0 aliphatic rings. The molecule has 18 heavy (non-hydrogen) atoms. The van der Waals surface area contributed by atoms with Crippen LogP contribution in [-0.4, -0.2) is 14.7 Å². The summed E-state index contributed by atoms with van der Waals surface area (Å²) in [5.41, 5.74) is 0.814. The van der Waals surface area contributed by atoms with Gasteiger partial charge in [0.05, 0.1) is 4.90 Å². The first-order chi connectivity index (χ1) is 8.66. The maximum Gasteiger partial charge on any atom is 0.194 e. The first-order valence-corrected chi connectivity index (χ1v) is 8.36. The van der Waals surface area contributed by atoms with Crippen molar-refractivity contribution >= 4 is 21.6 Å². The summed E-state index contributed by atoms with van der Waals surface area (Å²) in [4.78, 5) is 0.369. The van der Waals surface area contributed by atoms with Crippen molar-refractivity contribution in [1.29, 1.82) is 0 Å². The van der Waals surface area contributed by atoms with Crippen molar-refractivity contribution in [3.05, 3.63) is 66.2 Å². The van der Waals surface area contributed by atoms with Crippen LogP contribution in [0.3, 0.4) is 0 Å². The van der Waals surface area contributed by atoms with E-state index < -0.39 is 14.4 Å². The molecule has 2 rings (SSSR count). The smallest absolute Gasteiger partial charge is 0.194 e. The topological polar surface area (TPSA) is 34.1 Å². The second-order valence-electron chi connectivity index (χ2n) is 3.84. The normalized spacial score (nSPS) is 13.2. The molecule has 0 aliphatic carbocycles. The zero-order chi connectivity index (χ0) is 13.0. The summed E-state index contributed by atoms with van der Waals surface area (Å²) in [6, 6.07) is 17.9. The van der Waals surface area contributed by atoms with Gasteiger partial charge in [-0.1, -0.05) is 48.5 Å². The van der Waals surface area contributed by atoms with Crippen LogP contribution in [0.15, 0.2) is 65.6 Å². The first-order valence-electron chi connectivity index (χ1n) is 5.53. The van der Waals surface area contributed by atoms with Gasteiger partial charge in [0.1, 0.15) is 4.58 Å². The van der Waals surface area contributed by atoms with E-state index in [4.69, 9.17) is 0 Å². The van der Waals surface area contributed by atoms with Crippen molar-refractivity contribution < 1.29 is 8.42 Å². The van der Waals surface area contributed by atoms with Crippen LogP contribution in [-0.2, 0) is 9.84 Å². The molecule has 1 unspecified atom stereocenters. The highest BCUT2D eigenvalue weighted by molar-refractivity contribution is 8.12. The van der Waals surface area contributed by atoms with Gasteiger partial charge in [-0.25, -0.2) is 8.42 Å². The number of hydrogen-bond donors (Lipinski definition) is 0. The van der Waals surface area contributed by atoms with Gasteiger partial charge in [-0.3, -0.25) is 0 Å². The van der Waals surface area contributed by atoms with E-state index in [2.05, 4.69) is 0 Å². The molecule has 0 radical (unpaired) electrons. The fourth-order valence-electron chi connectivity index (χ4n) is 1.79. The van der Waals surface area contributed by atoms with E-state index in [1.807, 2.05) is 42.7 Å². The molecule has 2 aromatic carbocycles. The van der Waals surface area contributed by atoms with E-state index in [0.29, 0.717) is 4.90 Å². The van der Waals surface area contributed by atoms with E-state index in [1.54, 1.807) is 24.3 Å². The van der Waals surface area contributed by atoms with Crippen LogP contribution in [0.1, 0.15) is 10.1 Å². The SMILES string of the molecule is CSC(c1ccccc1)S(=O)(=O)c1ccccc1. The van der Waals surface area contributed by atoms with E-state index in [0.717, 1.165) is 5.56 Å². The molecule has 2 nitrogen and oxygen atoms in total. The molecule has 0 saturated heterocycles. The summed E-state index contributed by atoms with van der Waals surface area (Å²) >= 11 is 1.34. The van der Waals surface area contributed by atoms with Gasteiger partial charge in [0.2, 0.25) is 0 Å². The molecule has 0 N–H and O–H groups in total. The molecule has 0 heterocycles. The van der Waals surface area contributed by atoms with Crippen molar-refractivity contribution in [3.63, 3.8) is 0 Å². The molecular weight excluding hydrogens is 264 g/mol. The van der Waals surface area contributed by atoms with Gasteiger partial charge in [-0.2, -0.15) is 0 Å². The zero-order valence-corrected chi connectivity index (χ0v) is 11.6. The van der Waals surface area contributed by atoms with Gasteiger partial charge < -0.3 is 0 Å². The maximum absolute atomic E-state index is 12.5. The Hall–Kier alpha value is -1.26. The standard InChI is InChI=1S/C14H14O2S2/c1-17-14(12-8-4-2-5-9-12)18(15,16)13-10-6-3-7-11-13/h2-11,14H,1H3. The molecule has 0 amide bonds. The van der Waals surface area contributed by atoms with Crippen LogP contribution < -0.4 is 0 Å². The quantitative estimate of drug-likeness (QED) is 0.858. The molecule has 94 valence electrons. The average Bonchev–Trinajstić information content (AvgIpc) is 2.41. The minimum atomic E-state index is -3.34. The predicted octanol–water partition coefficient (Wildman–Crippen LogP) is 3.52. The number of sulfone groups is 1. The fraction of sp³-hybridized carbons (Fsp3) is 0.143. The summed E-state index contributed by atoms with van der Waals surface area (Å²) in [5.74, 6) is 0. The van der Waals surface area contributed by atoms with Crippen LogP contribution in [0.25, 0.3) is 0 Å². The van der Waals surface area contributed by atoms with Crippen LogP contribution in [0.4, 0.5) is 0 Å². The van der Waals surface area contributed by atoms with Gasteiger partial charge >= 0.3 is 0 Å². The van der Waals surface area contributed by atoms with Crippen LogP contribution in [0.2, 0.25) is 0 Å². The van der Waals surface area contributed by atoms with Crippen LogP contribution in [0, 0.1) is 0 Å². The average molecular weight is 278 g/mol. The molecule has 0 bridgehead atoms. The summed E-state index contributed by atoms with van der Waals surface area (Å²) < 4.78 is 24.5. The predicted molar refractivity (Wildman–Crippen MR) is 76.3 cm³/mol. The van der Waals surface area contributed by atoms with Crippen molar-refractivity contribution in [1.82, 2.24) is 0 Å². The van der Waals surface area contributed by atoms with Gasteiger partial charge in [0, 0.05) is 0 Å². The molecule has 4 heteroatoms. The Morgan fingerprint density at radius 1 is 0.889 bits per heavy atom. The molecule has 0 fully saturated rings. The monoisotopic (exact) mass is 278 g/mol. The highest BCUT2D eigenvalue weighted by atomic mass is 32.3. The largest absolute Gasteiger partial charge is 0.222 e. The van der Waals surface area contributed by atoms with E-state index in [9.17, 15) is 8.42 Å². The van der Waals surface area contributed by atoms with Gasteiger partial charge in [-0.05, 0) is 24.0 Å². The van der Waals surface area contributed by atoms with Crippen molar-refractivity contribution in [2.45, 2.75) is 9.48 Å². The van der Waals surface area contributed by atoms with E-state index in [-0.39, 0.29) is 0 Å². The Morgan fingerprint density at radius 2 is 1.39 bits per heavy atom. The minimum Gasteiger partial charge on any atom is -0.222 e. The van der Waals surface area contributed by atoms with E-state index in [1.165, 1.54) is 11.8 Å². The van der Waals surface area contributed by atoms with Gasteiger partial charge in [0.25, 0.3) is 0 Å². The highest BCUT2D eigenvalue weighted by Crippen LogP contribution is 2.36. The molecule has 0 spiro atoms. The third-order valence-electron chi connectivity index (χ3n) is 2.64. The lowest BCUT2D eigenvalue weighted by Crippen LogP contribution is -2.10. The Bertz CT molecular complexity index is 592. The Balaban J connectivity index is 2.46. The summed E-state index contributed by atoms with van der Waals surface area (Å²) in [7, 11) is -3.34. The molecule has 0 aromatic heterocycles. The number of hydrogen-bond acceptors (Lipinski definition) is 3. The third kappa shape index (κ3) is 2.60. The Kier molecular flexibility index (Phi) is 4.09. The molecular formula is C14H14O2S2. The van der Waals surface area contributed by atoms with Crippen LogP contribution in [0.5, 0.6) is 0 Å². The Morgan fingerprint density at radius 3 is 1.89 bits per heavy atom.